The molecular formula is C25H31N8O2S+. The molecule has 1 saturated heterocycles. The first-order valence-electron chi connectivity index (χ1n) is 12.4. The average Bonchev–Trinajstić information content (AvgIpc) is 3.54. The van der Waals surface area contributed by atoms with E-state index in [4.69, 9.17) is 9.73 Å². The van der Waals surface area contributed by atoms with Gasteiger partial charge in [0, 0.05) is 47.9 Å². The van der Waals surface area contributed by atoms with E-state index in [9.17, 15) is 4.79 Å². The fourth-order valence-electron chi connectivity index (χ4n) is 4.45. The zero-order valence-electron chi connectivity index (χ0n) is 20.3. The number of amidine groups is 1. The van der Waals surface area contributed by atoms with E-state index in [2.05, 4.69) is 42.4 Å². The number of H-pyrrole nitrogens is 1. The van der Waals surface area contributed by atoms with Crippen molar-refractivity contribution in [2.24, 2.45) is 10.9 Å². The van der Waals surface area contributed by atoms with Crippen molar-refractivity contribution in [1.29, 1.82) is 0 Å². The van der Waals surface area contributed by atoms with Crippen molar-refractivity contribution in [1.82, 2.24) is 19.4 Å². The largest absolute Gasteiger partial charge is 0.379 e. The van der Waals surface area contributed by atoms with Crippen LogP contribution in [0.2, 0.25) is 0 Å². The molecule has 1 atom stereocenters. The lowest BCUT2D eigenvalue weighted by Crippen LogP contribution is -3.10. The van der Waals surface area contributed by atoms with Crippen molar-refractivity contribution in [3.63, 3.8) is 0 Å². The maximum Gasteiger partial charge on any atom is 0.233 e. The lowest BCUT2D eigenvalue weighted by Gasteiger charge is -2.27. The van der Waals surface area contributed by atoms with Crippen LogP contribution in [0.5, 0.6) is 0 Å². The number of aromatic amines is 1. The number of quaternary nitrogens is 1. The van der Waals surface area contributed by atoms with Gasteiger partial charge >= 0.3 is 0 Å². The second-order valence-corrected chi connectivity index (χ2v) is 10.7. The molecule has 1 aromatic carbocycles. The molecule has 36 heavy (non-hydrogen) atoms. The normalized spacial score (nSPS) is 22.0. The Bertz CT molecular complexity index is 1210. The highest BCUT2D eigenvalue weighted by Crippen LogP contribution is 2.31. The number of benzene rings is 1. The molecule has 0 bridgehead atoms. The number of anilines is 2. The molecule has 1 aliphatic carbocycles. The van der Waals surface area contributed by atoms with Gasteiger partial charge in [0.05, 0.1) is 19.4 Å². The Morgan fingerprint density at radius 2 is 2.06 bits per heavy atom. The van der Waals surface area contributed by atoms with Gasteiger partial charge in [-0.3, -0.25) is 24.4 Å². The summed E-state index contributed by atoms with van der Waals surface area (Å²) in [5, 5.41) is 13.8. The average molecular weight is 508 g/mol. The van der Waals surface area contributed by atoms with Gasteiger partial charge in [0.1, 0.15) is 18.4 Å². The van der Waals surface area contributed by atoms with Crippen LogP contribution in [0.25, 0.3) is 0 Å². The van der Waals surface area contributed by atoms with Gasteiger partial charge in [0.2, 0.25) is 17.6 Å². The van der Waals surface area contributed by atoms with Crippen LogP contribution in [0.15, 0.2) is 64.1 Å². The highest BCUT2D eigenvalue weighted by atomic mass is 32.2. The van der Waals surface area contributed by atoms with Crippen molar-refractivity contribution >= 4 is 35.2 Å². The van der Waals surface area contributed by atoms with Gasteiger partial charge in [-0.15, -0.1) is 0 Å². The third kappa shape index (κ3) is 5.49. The van der Waals surface area contributed by atoms with Gasteiger partial charge in [-0.25, -0.2) is 4.90 Å². The molecule has 1 saturated carbocycles. The highest BCUT2D eigenvalue weighted by Gasteiger charge is 2.35. The van der Waals surface area contributed by atoms with E-state index in [-0.39, 0.29) is 11.8 Å². The molecule has 11 heteroatoms. The van der Waals surface area contributed by atoms with Crippen molar-refractivity contribution in [2.45, 2.75) is 24.7 Å². The van der Waals surface area contributed by atoms with Crippen LogP contribution in [0.1, 0.15) is 18.5 Å². The van der Waals surface area contributed by atoms with Crippen molar-refractivity contribution in [2.75, 3.05) is 50.0 Å². The van der Waals surface area contributed by atoms with Crippen LogP contribution in [-0.2, 0) is 9.53 Å². The summed E-state index contributed by atoms with van der Waals surface area (Å²) >= 11 is 1.65. The zero-order chi connectivity index (χ0) is 24.5. The van der Waals surface area contributed by atoms with E-state index in [1.165, 1.54) is 0 Å². The molecule has 0 spiro atoms. The second-order valence-electron chi connectivity index (χ2n) is 9.55. The molecule has 1 amide bonds. The molecule has 10 nitrogen and oxygen atoms in total. The van der Waals surface area contributed by atoms with E-state index in [0.717, 1.165) is 90.0 Å². The third-order valence-electron chi connectivity index (χ3n) is 6.52. The molecule has 0 radical (unpaired) electrons. The number of hydrogen-bond acceptors (Lipinski definition) is 8. The predicted octanol–water partition coefficient (Wildman–Crippen LogP) is 1.77. The Balaban J connectivity index is 1.17. The van der Waals surface area contributed by atoms with Gasteiger partial charge in [0.15, 0.2) is 5.82 Å². The molecule has 2 fully saturated rings. The van der Waals surface area contributed by atoms with Crippen LogP contribution in [-0.4, -0.2) is 70.5 Å². The number of amides is 1. The number of ether oxygens (including phenoxy) is 1. The SMILES string of the molecule is Cc1cc(NC2=CN(Sc3ccc(NC(=O)C4CC4)cc3)CC3=NC(CN4CCOCC4)=C[NH+]23)n[nH]1. The molecule has 1 unspecified atom stereocenters. The van der Waals surface area contributed by atoms with Gasteiger partial charge in [-0.2, -0.15) is 10.1 Å². The second kappa shape index (κ2) is 10.1. The van der Waals surface area contributed by atoms with Crippen LogP contribution >= 0.6 is 11.9 Å². The van der Waals surface area contributed by atoms with Crippen LogP contribution in [0, 0.1) is 12.8 Å². The van der Waals surface area contributed by atoms with Crippen molar-refractivity contribution < 1.29 is 14.4 Å². The lowest BCUT2D eigenvalue weighted by atomic mass is 10.3. The molecular weight excluding hydrogens is 476 g/mol. The number of nitrogens with zero attached hydrogens (tertiary/aromatic N) is 4. The monoisotopic (exact) mass is 507 g/mol. The maximum absolute atomic E-state index is 12.0. The number of morpholine rings is 1. The summed E-state index contributed by atoms with van der Waals surface area (Å²) in [5.74, 6) is 3.13. The van der Waals surface area contributed by atoms with Gasteiger partial charge in [0.25, 0.3) is 0 Å². The molecule has 2 aromatic rings. The standard InChI is InChI=1S/C25H30N8O2S/c1-17-12-22(30-29-17)28-24-16-32(36-21-6-4-19(5-7-21)27-25(34)18-2-3-18)15-23-26-20(14-33(23)24)13-31-8-10-35-11-9-31/h4-7,12,14,16,18H,2-3,8-11,13,15H2,1H3,(H,27,34)(H2,28,29,30)/p+1. The first kappa shape index (κ1) is 23.3. The molecule has 6 rings (SSSR count). The smallest absolute Gasteiger partial charge is 0.233 e. The van der Waals surface area contributed by atoms with E-state index < -0.39 is 0 Å². The van der Waals surface area contributed by atoms with Crippen LogP contribution in [0.4, 0.5) is 11.5 Å². The molecule has 4 aliphatic rings. The summed E-state index contributed by atoms with van der Waals surface area (Å²) in [4.78, 5) is 21.7. The number of aryl methyl sites for hydroxylation is 1. The van der Waals surface area contributed by atoms with Crippen LogP contribution in [0.3, 0.4) is 0 Å². The Labute approximate surface area is 214 Å². The summed E-state index contributed by atoms with van der Waals surface area (Å²) in [6.07, 6.45) is 6.32. The van der Waals surface area contributed by atoms with Crippen molar-refractivity contribution in [3.8, 4) is 0 Å². The van der Waals surface area contributed by atoms with E-state index in [0.29, 0.717) is 6.54 Å². The zero-order valence-corrected chi connectivity index (χ0v) is 21.1. The number of aliphatic imine (C=N–C) groups is 1. The summed E-state index contributed by atoms with van der Waals surface area (Å²) in [6, 6.07) is 10.0. The van der Waals surface area contributed by atoms with Crippen molar-refractivity contribution in [3.05, 3.63) is 59.9 Å². The minimum absolute atomic E-state index is 0.126. The molecule has 3 aliphatic heterocycles. The predicted molar refractivity (Wildman–Crippen MR) is 139 cm³/mol. The number of carbonyl (C=O) groups excluding carboxylic acids is 1. The summed E-state index contributed by atoms with van der Waals surface area (Å²) in [5.41, 5.74) is 2.92. The molecule has 1 aromatic heterocycles. The quantitative estimate of drug-likeness (QED) is 0.404. The van der Waals surface area contributed by atoms with Gasteiger partial charge in [-0.05, 0) is 56.0 Å². The topological polar surface area (TPSA) is 102 Å². The Hall–Kier alpha value is -3.12. The molecule has 4 heterocycles. The number of hydrogen-bond donors (Lipinski definition) is 4. The van der Waals surface area contributed by atoms with Gasteiger partial charge < -0.3 is 10.1 Å². The number of carbonyl (C=O) groups is 1. The summed E-state index contributed by atoms with van der Waals surface area (Å²) in [6.45, 7) is 6.94. The highest BCUT2D eigenvalue weighted by molar-refractivity contribution is 7.97. The Morgan fingerprint density at radius 1 is 1.25 bits per heavy atom. The number of aromatic nitrogens is 2. The Morgan fingerprint density at radius 3 is 2.78 bits per heavy atom. The Kier molecular flexibility index (Phi) is 6.53. The molecule has 188 valence electrons. The summed E-state index contributed by atoms with van der Waals surface area (Å²) in [7, 11) is 0. The third-order valence-corrected chi connectivity index (χ3v) is 7.47. The first-order valence-corrected chi connectivity index (χ1v) is 13.2. The maximum atomic E-state index is 12.0. The minimum atomic E-state index is 0.126. The molecule has 4 N–H and O–H groups in total. The first-order chi connectivity index (χ1) is 17.6. The fourth-order valence-corrected chi connectivity index (χ4v) is 5.32. The van der Waals surface area contributed by atoms with E-state index >= 15 is 0 Å². The fraction of sp³-hybridized carbons (Fsp3) is 0.400. The lowest BCUT2D eigenvalue weighted by molar-refractivity contribution is -0.700. The number of nitrogens with one attached hydrogen (secondary N) is 4. The minimum Gasteiger partial charge on any atom is -0.379 e. The number of fused-ring (bicyclic) bond motifs is 1. The number of rotatable bonds is 8. The van der Waals surface area contributed by atoms with Gasteiger partial charge in [-0.1, -0.05) is 0 Å². The summed E-state index contributed by atoms with van der Waals surface area (Å²) < 4.78 is 7.68. The van der Waals surface area contributed by atoms with E-state index in [1.807, 2.05) is 37.3 Å². The van der Waals surface area contributed by atoms with E-state index in [1.54, 1.807) is 11.9 Å². The van der Waals surface area contributed by atoms with Crippen LogP contribution < -0.4 is 15.5 Å².